The predicted molar refractivity (Wildman–Crippen MR) is 257 cm³/mol. The first-order valence-electron chi connectivity index (χ1n) is 23.1. The number of amides is 3. The molecular weight excluding hydrogens is 929 g/mol. The fourth-order valence-corrected chi connectivity index (χ4v) is 10.7. The minimum Gasteiger partial charge on any atom is -0.507 e. The van der Waals surface area contributed by atoms with E-state index in [2.05, 4.69) is 33.7 Å². The molecule has 0 bridgehead atoms. The highest BCUT2D eigenvalue weighted by Crippen LogP contribution is 2.49. The van der Waals surface area contributed by atoms with Gasteiger partial charge in [0.1, 0.15) is 11.5 Å². The third kappa shape index (κ3) is 10.2. The topological polar surface area (TPSA) is 222 Å². The van der Waals surface area contributed by atoms with E-state index in [0.29, 0.717) is 79.4 Å². The Morgan fingerprint density at radius 1 is 0.913 bits per heavy atom. The first-order valence-corrected chi connectivity index (χ1v) is 25.3. The van der Waals surface area contributed by atoms with Crippen molar-refractivity contribution in [2.75, 3.05) is 24.5 Å². The Kier molecular flexibility index (Phi) is 14.9. The van der Waals surface area contributed by atoms with Crippen LogP contribution in [0.15, 0.2) is 70.1 Å². The van der Waals surface area contributed by atoms with E-state index in [4.69, 9.17) is 19.2 Å². The molecule has 7 rings (SSSR count). The lowest BCUT2D eigenvalue weighted by molar-refractivity contribution is -0.437. The SMILES string of the molecule is Cc1c(C)c2c(c(C)c1O)CCC(C)(C(=O)NCCC[N+]1=C(/C=C/C=C3/N(CCCCCC(=O)ON4C(=O)CCC4=O)c4ccc(S(=O)(=O)O)cc4C3(C)C)C(C)(C)c3cc(SOOO)ccc31)O2. The Labute approximate surface area is 406 Å². The summed E-state index contributed by atoms with van der Waals surface area (Å²) in [5, 5.41) is 27.0. The highest BCUT2D eigenvalue weighted by molar-refractivity contribution is 7.94. The second kappa shape index (κ2) is 20.0. The van der Waals surface area contributed by atoms with Gasteiger partial charge in [0.05, 0.1) is 22.4 Å². The average molecular weight is 990 g/mol. The zero-order valence-corrected chi connectivity index (χ0v) is 41.9. The second-order valence-corrected chi connectivity index (χ2v) is 21.4. The summed E-state index contributed by atoms with van der Waals surface area (Å²) in [6.07, 6.45) is 9.36. The van der Waals surface area contributed by atoms with Crippen molar-refractivity contribution in [3.63, 3.8) is 0 Å². The van der Waals surface area contributed by atoms with E-state index in [1.54, 1.807) is 13.0 Å². The molecule has 1 atom stereocenters. The van der Waals surface area contributed by atoms with Gasteiger partial charge in [0.15, 0.2) is 17.9 Å². The second-order valence-electron chi connectivity index (χ2n) is 19.2. The van der Waals surface area contributed by atoms with Crippen molar-refractivity contribution in [1.29, 1.82) is 0 Å². The first kappa shape index (κ1) is 51.3. The number of carbonyl (C=O) groups is 4. The number of hydrogen-bond acceptors (Lipinski definition) is 14. The van der Waals surface area contributed by atoms with E-state index in [9.17, 15) is 37.3 Å². The number of phenols is 1. The number of carbonyl (C=O) groups excluding carboxylic acids is 4. The Morgan fingerprint density at radius 2 is 1.64 bits per heavy atom. The maximum Gasteiger partial charge on any atom is 0.333 e. The van der Waals surface area contributed by atoms with Crippen LogP contribution in [-0.4, -0.2) is 87.6 Å². The Morgan fingerprint density at radius 3 is 2.33 bits per heavy atom. The van der Waals surface area contributed by atoms with Crippen molar-refractivity contribution in [1.82, 2.24) is 10.4 Å². The zero-order valence-electron chi connectivity index (χ0n) is 40.3. The van der Waals surface area contributed by atoms with Gasteiger partial charge in [-0.1, -0.05) is 31.4 Å². The minimum absolute atomic E-state index is 0.0130. The van der Waals surface area contributed by atoms with Crippen molar-refractivity contribution < 1.29 is 66.0 Å². The van der Waals surface area contributed by atoms with Gasteiger partial charge in [-0.3, -0.25) is 18.9 Å². The van der Waals surface area contributed by atoms with Crippen molar-refractivity contribution in [2.24, 2.45) is 0 Å². The van der Waals surface area contributed by atoms with Gasteiger partial charge in [0.2, 0.25) is 5.69 Å². The molecule has 370 valence electrons. The standard InChI is InChI=1S/C50H60N4O13S2/c1-30-31(2)46-35(32(3)45(30)58)23-24-50(8,64-46)47(59)51-25-13-27-53-38-19-17-33(68-67-66-60)28-36(38)48(4,5)40(53)14-12-15-41-49(6,7)37-29-34(69(61,62)63)18-20-39(37)52(41)26-11-9-10-16-44(57)65-54-42(55)21-22-43(54)56/h12,14-15,17-20,28-29H,9-11,13,16,21-27H2,1-8H3,(H3-,51,58,59,60,61,62,63)/p+1. The molecule has 1 fully saturated rings. The average Bonchev–Trinajstić information content (AvgIpc) is 3.81. The summed E-state index contributed by atoms with van der Waals surface area (Å²) in [6.45, 7) is 17.0. The van der Waals surface area contributed by atoms with Crippen LogP contribution in [0, 0.1) is 20.8 Å². The molecule has 0 aromatic heterocycles. The number of anilines is 1. The molecule has 69 heavy (non-hydrogen) atoms. The van der Waals surface area contributed by atoms with Crippen LogP contribution in [0.1, 0.15) is 119 Å². The van der Waals surface area contributed by atoms with Crippen LogP contribution in [-0.2, 0) is 60.8 Å². The number of rotatable bonds is 18. The van der Waals surface area contributed by atoms with E-state index >= 15 is 0 Å². The summed E-state index contributed by atoms with van der Waals surface area (Å²) >= 11 is 0.867. The number of benzene rings is 3. The van der Waals surface area contributed by atoms with Gasteiger partial charge in [0.25, 0.3) is 27.8 Å². The molecule has 4 aliphatic heterocycles. The zero-order chi connectivity index (χ0) is 50.2. The molecule has 19 heteroatoms. The molecule has 3 aromatic carbocycles. The third-order valence-corrected chi connectivity index (χ3v) is 15.4. The molecule has 4 heterocycles. The van der Waals surface area contributed by atoms with E-state index in [0.717, 1.165) is 62.6 Å². The maximum atomic E-state index is 13.8. The Bertz CT molecular complexity index is 2780. The van der Waals surface area contributed by atoms with Gasteiger partial charge >= 0.3 is 5.97 Å². The monoisotopic (exact) mass is 989 g/mol. The van der Waals surface area contributed by atoms with Gasteiger partial charge < -0.3 is 24.9 Å². The van der Waals surface area contributed by atoms with E-state index in [1.807, 2.05) is 71.0 Å². The van der Waals surface area contributed by atoms with E-state index < -0.39 is 44.3 Å². The number of ether oxygens (including phenoxy) is 1. The van der Waals surface area contributed by atoms with Gasteiger partial charge in [-0.15, -0.1) is 9.40 Å². The summed E-state index contributed by atoms with van der Waals surface area (Å²) in [6, 6.07) is 10.4. The number of unbranched alkanes of at least 4 members (excludes halogenated alkanes) is 2. The fourth-order valence-electron chi connectivity index (χ4n) is 9.84. The number of phenolic OH excluding ortho intramolecular Hbond substituents is 1. The molecule has 0 radical (unpaired) electrons. The number of fused-ring (bicyclic) bond motifs is 3. The molecule has 4 N–H and O–H groups in total. The lowest BCUT2D eigenvalue weighted by Gasteiger charge is -2.36. The molecule has 17 nitrogen and oxygen atoms in total. The number of nitrogens with one attached hydrogen (secondary N) is 1. The quantitative estimate of drug-likeness (QED) is 0.0180. The summed E-state index contributed by atoms with van der Waals surface area (Å²) in [4.78, 5) is 57.7. The normalized spacial score (nSPS) is 19.9. The summed E-state index contributed by atoms with van der Waals surface area (Å²) < 4.78 is 48.0. The molecule has 4 aliphatic rings. The van der Waals surface area contributed by atoms with Crippen LogP contribution >= 0.6 is 12.0 Å². The predicted octanol–water partition coefficient (Wildman–Crippen LogP) is 8.06. The molecule has 0 aliphatic carbocycles. The molecule has 0 saturated carbocycles. The minimum atomic E-state index is -4.50. The van der Waals surface area contributed by atoms with Crippen LogP contribution in [0.4, 0.5) is 11.4 Å². The molecule has 1 unspecified atom stereocenters. The maximum absolute atomic E-state index is 13.8. The number of allylic oxidation sites excluding steroid dienone is 4. The van der Waals surface area contributed by atoms with Crippen LogP contribution in [0.25, 0.3) is 0 Å². The third-order valence-electron chi connectivity index (χ3n) is 14.0. The van der Waals surface area contributed by atoms with Crippen molar-refractivity contribution in [3.8, 4) is 11.5 Å². The van der Waals surface area contributed by atoms with Gasteiger partial charge in [-0.2, -0.15) is 13.0 Å². The molecule has 0 spiro atoms. The Balaban J connectivity index is 1.12. The van der Waals surface area contributed by atoms with Crippen LogP contribution in [0.3, 0.4) is 0 Å². The molecule has 3 amide bonds. The largest absolute Gasteiger partial charge is 0.507 e. The lowest BCUT2D eigenvalue weighted by atomic mass is 9.81. The summed E-state index contributed by atoms with van der Waals surface area (Å²) in [5.74, 6) is -1.04. The van der Waals surface area contributed by atoms with Crippen LogP contribution in [0.2, 0.25) is 0 Å². The first-order chi connectivity index (χ1) is 32.5. The van der Waals surface area contributed by atoms with Gasteiger partial charge in [0, 0.05) is 90.2 Å². The summed E-state index contributed by atoms with van der Waals surface area (Å²) in [5.41, 5.74) is 6.15. The van der Waals surface area contributed by atoms with Gasteiger partial charge in [-0.25, -0.2) is 10.1 Å². The van der Waals surface area contributed by atoms with Crippen LogP contribution < -0.4 is 15.0 Å². The van der Waals surface area contributed by atoms with E-state index in [1.165, 1.54) is 12.1 Å². The van der Waals surface area contributed by atoms with Gasteiger partial charge in [-0.05, 0) is 119 Å². The van der Waals surface area contributed by atoms with Crippen molar-refractivity contribution in [3.05, 3.63) is 93.7 Å². The number of hydroxylamine groups is 2. The summed E-state index contributed by atoms with van der Waals surface area (Å²) in [7, 11) is -4.50. The number of aromatic hydroxyl groups is 1. The van der Waals surface area contributed by atoms with E-state index in [-0.39, 0.29) is 35.8 Å². The highest BCUT2D eigenvalue weighted by atomic mass is 32.2. The number of hydrogen-bond donors (Lipinski definition) is 4. The molecule has 1 saturated heterocycles. The highest BCUT2D eigenvalue weighted by Gasteiger charge is 2.46. The Hall–Kier alpha value is -5.57. The molecule has 3 aromatic rings. The lowest BCUT2D eigenvalue weighted by Crippen LogP contribution is -2.51. The number of imide groups is 1. The van der Waals surface area contributed by atoms with Crippen molar-refractivity contribution >= 4 is 62.9 Å². The fraction of sp³-hybridized carbons (Fsp3) is 0.460. The molecular formula is C50H61N4O13S2+. The smallest absolute Gasteiger partial charge is 0.333 e. The van der Waals surface area contributed by atoms with Crippen molar-refractivity contribution in [2.45, 2.75) is 139 Å². The number of nitrogens with zero attached hydrogens (tertiary/aromatic N) is 3. The van der Waals surface area contributed by atoms with Crippen LogP contribution in [0.5, 0.6) is 11.5 Å².